The first-order valence-corrected chi connectivity index (χ1v) is 6.48. The van der Waals surface area contributed by atoms with Crippen molar-refractivity contribution in [3.05, 3.63) is 42.0 Å². The summed E-state index contributed by atoms with van der Waals surface area (Å²) in [5.74, 6) is 0. The Morgan fingerprint density at radius 3 is 1.94 bits per heavy atom. The van der Waals surface area contributed by atoms with Gasteiger partial charge in [-0.25, -0.2) is 0 Å². The van der Waals surface area contributed by atoms with Crippen molar-refractivity contribution in [2.75, 3.05) is 13.3 Å². The van der Waals surface area contributed by atoms with Gasteiger partial charge in [-0.15, -0.1) is 49.2 Å². The third-order valence-electron chi connectivity index (χ3n) is 1.76. The molecular formula is C12H16Cl3PZr. The fourth-order valence-corrected chi connectivity index (χ4v) is 1.31. The minimum Gasteiger partial charge on any atom is -1.00 e. The minimum absolute atomic E-state index is 0. The average molecular weight is 389 g/mol. The van der Waals surface area contributed by atoms with Gasteiger partial charge >= 0.3 is 26.2 Å². The van der Waals surface area contributed by atoms with Crippen molar-refractivity contribution in [1.82, 2.24) is 0 Å². The van der Waals surface area contributed by atoms with Crippen LogP contribution in [-0.4, -0.2) is 13.3 Å². The van der Waals surface area contributed by atoms with Gasteiger partial charge in [0.15, 0.2) is 0 Å². The van der Waals surface area contributed by atoms with Gasteiger partial charge < -0.3 is 37.2 Å². The third-order valence-corrected chi connectivity index (χ3v) is 1.76. The molecule has 2 rings (SSSR count). The first-order chi connectivity index (χ1) is 6.27. The number of halogens is 3. The Labute approximate surface area is 144 Å². The first-order valence-electron chi connectivity index (χ1n) is 4.48. The molecule has 2 aromatic rings. The fraction of sp³-hybridized carbons (Fsp3) is 0.250. The van der Waals surface area contributed by atoms with Gasteiger partial charge in [0.25, 0.3) is 0 Å². The molecule has 17 heavy (non-hydrogen) atoms. The van der Waals surface area contributed by atoms with Crippen molar-refractivity contribution < 1.29 is 63.4 Å². The predicted molar refractivity (Wildman–Crippen MR) is 64.4 cm³/mol. The van der Waals surface area contributed by atoms with Crippen LogP contribution in [-0.2, 0) is 26.2 Å². The Bertz CT molecular complexity index is 344. The zero-order chi connectivity index (χ0) is 9.68. The van der Waals surface area contributed by atoms with Gasteiger partial charge in [-0.1, -0.05) is 13.0 Å². The maximum absolute atomic E-state index is 2.20. The largest absolute Gasteiger partial charge is 4.00 e. The Morgan fingerprint density at radius 2 is 1.47 bits per heavy atom. The van der Waals surface area contributed by atoms with E-state index in [0.717, 1.165) is 8.58 Å². The van der Waals surface area contributed by atoms with Crippen LogP contribution in [0.4, 0.5) is 0 Å². The first kappa shape index (κ1) is 26.6. The smallest absolute Gasteiger partial charge is 1.00 e. The Morgan fingerprint density at radius 1 is 1.00 bits per heavy atom. The quantitative estimate of drug-likeness (QED) is 0.313. The summed E-state index contributed by atoms with van der Waals surface area (Å²) >= 11 is 0. The van der Waals surface area contributed by atoms with Gasteiger partial charge in [-0.3, -0.25) is 0 Å². The molecule has 0 atom stereocenters. The molecule has 0 N–H and O–H groups in total. The summed E-state index contributed by atoms with van der Waals surface area (Å²) in [5, 5.41) is 2.69. The Kier molecular flexibility index (Phi) is 23.5. The standard InChI is InChI=1S/C10H9.C2H7P.3ClH.Zr/c1-8-6-9-4-2-3-5-10(9)7-8;1-3-2;;;;/h2-7H,1H3;3H,1-2H3;3*1H;/q-1;;;;;+4/p-3. The molecule has 0 spiro atoms. The molecule has 0 aliphatic carbocycles. The predicted octanol–water partition coefficient (Wildman–Crippen LogP) is -5.20. The van der Waals surface area contributed by atoms with E-state index in [0.29, 0.717) is 0 Å². The Balaban J connectivity index is -0.000000111. The van der Waals surface area contributed by atoms with Crippen LogP contribution in [0.5, 0.6) is 0 Å². The molecule has 0 heterocycles. The van der Waals surface area contributed by atoms with E-state index >= 15 is 0 Å². The number of benzene rings is 1. The molecular weight excluding hydrogens is 373 g/mol. The summed E-state index contributed by atoms with van der Waals surface area (Å²) in [6.45, 7) is 6.43. The Hall–Kier alpha value is 1.01. The van der Waals surface area contributed by atoms with Crippen molar-refractivity contribution in [2.45, 2.75) is 6.92 Å². The van der Waals surface area contributed by atoms with E-state index in [-0.39, 0.29) is 63.4 Å². The fourth-order valence-electron chi connectivity index (χ4n) is 1.31. The van der Waals surface area contributed by atoms with Crippen molar-refractivity contribution in [3.63, 3.8) is 0 Å². The van der Waals surface area contributed by atoms with E-state index in [2.05, 4.69) is 56.7 Å². The second kappa shape index (κ2) is 15.1. The molecule has 0 fully saturated rings. The maximum atomic E-state index is 2.20. The van der Waals surface area contributed by atoms with E-state index in [1.54, 1.807) is 0 Å². The van der Waals surface area contributed by atoms with Crippen LogP contribution >= 0.6 is 8.58 Å². The molecule has 0 bridgehead atoms. The number of aryl methyl sites for hydroxylation is 1. The minimum atomic E-state index is 0. The number of hydrogen-bond donors (Lipinski definition) is 0. The summed E-state index contributed by atoms with van der Waals surface area (Å²) in [4.78, 5) is 0. The molecule has 0 radical (unpaired) electrons. The van der Waals surface area contributed by atoms with Crippen LogP contribution in [0.1, 0.15) is 5.56 Å². The molecule has 5 heteroatoms. The van der Waals surface area contributed by atoms with Crippen LogP contribution in [0.25, 0.3) is 10.8 Å². The van der Waals surface area contributed by atoms with Crippen LogP contribution in [0.3, 0.4) is 0 Å². The van der Waals surface area contributed by atoms with Crippen molar-refractivity contribution in [1.29, 1.82) is 0 Å². The van der Waals surface area contributed by atoms with E-state index in [1.807, 2.05) is 0 Å². The van der Waals surface area contributed by atoms with Crippen molar-refractivity contribution in [3.8, 4) is 0 Å². The molecule has 0 amide bonds. The summed E-state index contributed by atoms with van der Waals surface area (Å²) in [6, 6.07) is 12.8. The van der Waals surface area contributed by atoms with Gasteiger partial charge in [0.2, 0.25) is 0 Å². The normalized spacial score (nSPS) is 7.24. The van der Waals surface area contributed by atoms with Crippen LogP contribution in [0, 0.1) is 6.92 Å². The number of fused-ring (bicyclic) bond motifs is 1. The molecule has 0 nitrogen and oxygen atoms in total. The maximum Gasteiger partial charge on any atom is 4.00 e. The van der Waals surface area contributed by atoms with Crippen LogP contribution in [0.15, 0.2) is 36.4 Å². The van der Waals surface area contributed by atoms with E-state index in [1.165, 1.54) is 16.3 Å². The van der Waals surface area contributed by atoms with E-state index in [9.17, 15) is 0 Å². The molecule has 0 aromatic heterocycles. The van der Waals surface area contributed by atoms with Gasteiger partial charge in [0, 0.05) is 0 Å². The molecule has 94 valence electrons. The summed E-state index contributed by atoms with van der Waals surface area (Å²) in [5.41, 5.74) is 1.35. The molecule has 0 unspecified atom stereocenters. The zero-order valence-electron chi connectivity index (χ0n) is 10.1. The van der Waals surface area contributed by atoms with Gasteiger partial charge in [-0.05, 0) is 13.3 Å². The summed E-state index contributed by atoms with van der Waals surface area (Å²) in [7, 11) is 1.08. The van der Waals surface area contributed by atoms with Crippen molar-refractivity contribution in [2.24, 2.45) is 0 Å². The molecule has 0 aliphatic heterocycles. The topological polar surface area (TPSA) is 0 Å². The van der Waals surface area contributed by atoms with Gasteiger partial charge in [0.05, 0.1) is 0 Å². The van der Waals surface area contributed by atoms with Crippen LogP contribution < -0.4 is 37.2 Å². The van der Waals surface area contributed by atoms with E-state index < -0.39 is 0 Å². The number of rotatable bonds is 0. The molecule has 2 aromatic carbocycles. The summed E-state index contributed by atoms with van der Waals surface area (Å²) in [6.07, 6.45) is 0. The summed E-state index contributed by atoms with van der Waals surface area (Å²) < 4.78 is 0. The monoisotopic (exact) mass is 386 g/mol. The van der Waals surface area contributed by atoms with E-state index in [4.69, 9.17) is 0 Å². The zero-order valence-corrected chi connectivity index (χ0v) is 15.8. The van der Waals surface area contributed by atoms with Crippen LogP contribution in [0.2, 0.25) is 0 Å². The van der Waals surface area contributed by atoms with Gasteiger partial charge in [-0.2, -0.15) is 6.07 Å². The molecule has 0 saturated heterocycles. The third kappa shape index (κ3) is 9.57. The molecule has 0 aliphatic rings. The molecule has 0 saturated carbocycles. The van der Waals surface area contributed by atoms with Gasteiger partial charge in [0.1, 0.15) is 0 Å². The number of hydrogen-bond acceptors (Lipinski definition) is 0. The SMILES string of the molecule is CPC.Cc1cc2ccccc2[cH-]1.[Cl-].[Cl-].[Cl-].[Zr+4]. The van der Waals surface area contributed by atoms with Crippen molar-refractivity contribution >= 4 is 19.4 Å². The second-order valence-corrected chi connectivity index (χ2v) is 4.16. The average Bonchev–Trinajstić information content (AvgIpc) is 2.45. The second-order valence-electron chi connectivity index (χ2n) is 3.16.